The van der Waals surface area contributed by atoms with Crippen molar-refractivity contribution in [2.45, 2.75) is 46.5 Å². The lowest BCUT2D eigenvalue weighted by molar-refractivity contribution is 0.321. The van der Waals surface area contributed by atoms with Gasteiger partial charge in [-0.3, -0.25) is 4.99 Å². The molecule has 0 aliphatic carbocycles. The zero-order valence-corrected chi connectivity index (χ0v) is 17.8. The summed E-state index contributed by atoms with van der Waals surface area (Å²) < 4.78 is 23.1. The van der Waals surface area contributed by atoms with Crippen LogP contribution in [0.2, 0.25) is 0 Å². The predicted octanol–water partition coefficient (Wildman–Crippen LogP) is 2.52. The van der Waals surface area contributed by atoms with E-state index in [9.17, 15) is 8.42 Å². The molecule has 2 fully saturated rings. The summed E-state index contributed by atoms with van der Waals surface area (Å²) in [5.41, 5.74) is 0.380. The van der Waals surface area contributed by atoms with E-state index in [-0.39, 0.29) is 29.9 Å². The highest BCUT2D eigenvalue weighted by Crippen LogP contribution is 2.33. The van der Waals surface area contributed by atoms with E-state index in [0.29, 0.717) is 23.5 Å². The summed E-state index contributed by atoms with van der Waals surface area (Å²) in [5, 5.41) is 3.44. The minimum Gasteiger partial charge on any atom is -0.356 e. The number of sulfone groups is 1. The molecule has 2 aliphatic rings. The molecule has 23 heavy (non-hydrogen) atoms. The Bertz CT molecular complexity index is 509. The summed E-state index contributed by atoms with van der Waals surface area (Å²) in [5.74, 6) is 1.82. The van der Waals surface area contributed by atoms with Gasteiger partial charge in [0.25, 0.3) is 0 Å². The van der Waals surface area contributed by atoms with Gasteiger partial charge < -0.3 is 10.2 Å². The monoisotopic (exact) mass is 457 g/mol. The molecule has 0 aromatic rings. The molecule has 0 aromatic carbocycles. The molecule has 2 saturated heterocycles. The van der Waals surface area contributed by atoms with Crippen molar-refractivity contribution in [3.63, 3.8) is 0 Å². The minimum absolute atomic E-state index is 0. The Balaban J connectivity index is 0.00000264. The van der Waals surface area contributed by atoms with Crippen LogP contribution < -0.4 is 5.32 Å². The van der Waals surface area contributed by atoms with Crippen LogP contribution in [0.4, 0.5) is 0 Å². The quantitative estimate of drug-likeness (QED) is 0.392. The molecule has 5 nitrogen and oxygen atoms in total. The van der Waals surface area contributed by atoms with Gasteiger partial charge in [-0.05, 0) is 37.0 Å². The molecule has 7 heteroatoms. The van der Waals surface area contributed by atoms with Crippen molar-refractivity contribution in [2.75, 3.05) is 37.7 Å². The number of halogens is 1. The molecule has 2 unspecified atom stereocenters. The fraction of sp³-hybridized carbons (Fsp3) is 0.938. The Morgan fingerprint density at radius 1 is 1.39 bits per heavy atom. The molecular weight excluding hydrogens is 425 g/mol. The maximum atomic E-state index is 11.6. The lowest BCUT2D eigenvalue weighted by Gasteiger charge is -2.26. The molecule has 0 spiro atoms. The molecular formula is C16H32IN3O2S. The number of nitrogens with zero attached hydrogens (tertiary/aromatic N) is 2. The lowest BCUT2D eigenvalue weighted by atomic mass is 9.87. The van der Waals surface area contributed by atoms with Crippen molar-refractivity contribution in [1.82, 2.24) is 10.2 Å². The fourth-order valence-electron chi connectivity index (χ4n) is 3.23. The zero-order valence-electron chi connectivity index (χ0n) is 14.7. The van der Waals surface area contributed by atoms with Crippen LogP contribution in [-0.4, -0.2) is 57.0 Å². The normalized spacial score (nSPS) is 30.3. The van der Waals surface area contributed by atoms with Gasteiger partial charge in [-0.1, -0.05) is 20.8 Å². The first-order valence-electron chi connectivity index (χ1n) is 8.61. The van der Waals surface area contributed by atoms with Gasteiger partial charge in [0.05, 0.1) is 11.5 Å². The Morgan fingerprint density at radius 3 is 2.65 bits per heavy atom. The van der Waals surface area contributed by atoms with Gasteiger partial charge in [0, 0.05) is 26.2 Å². The molecule has 2 heterocycles. The fourth-order valence-corrected chi connectivity index (χ4v) is 5.08. The SMILES string of the molecule is CCCNC(=NCC1CCS(=O)(=O)C1)N1CCC(C)(CC)C1.I. The highest BCUT2D eigenvalue weighted by atomic mass is 127. The van der Waals surface area contributed by atoms with Crippen molar-refractivity contribution in [2.24, 2.45) is 16.3 Å². The average Bonchev–Trinajstić information content (AvgIpc) is 3.03. The Morgan fingerprint density at radius 2 is 2.13 bits per heavy atom. The van der Waals surface area contributed by atoms with Gasteiger partial charge in [-0.25, -0.2) is 8.42 Å². The Kier molecular flexibility index (Phi) is 8.10. The van der Waals surface area contributed by atoms with Crippen LogP contribution in [0.25, 0.3) is 0 Å². The van der Waals surface area contributed by atoms with E-state index < -0.39 is 9.84 Å². The maximum Gasteiger partial charge on any atom is 0.193 e. The predicted molar refractivity (Wildman–Crippen MR) is 107 cm³/mol. The molecule has 1 N–H and O–H groups in total. The summed E-state index contributed by atoms with van der Waals surface area (Å²) in [7, 11) is -2.81. The van der Waals surface area contributed by atoms with E-state index in [4.69, 9.17) is 4.99 Å². The molecule has 2 aliphatic heterocycles. The average molecular weight is 457 g/mol. The van der Waals surface area contributed by atoms with Crippen molar-refractivity contribution in [3.05, 3.63) is 0 Å². The number of aliphatic imine (C=N–C) groups is 1. The standard InChI is InChI=1S/C16H31N3O2S.HI/c1-4-8-17-15(19-9-7-16(3,5-2)13-19)18-11-14-6-10-22(20,21)12-14;/h14H,4-13H2,1-3H3,(H,17,18);1H. The van der Waals surface area contributed by atoms with Crippen LogP contribution >= 0.6 is 24.0 Å². The summed E-state index contributed by atoms with van der Waals surface area (Å²) in [4.78, 5) is 7.11. The highest BCUT2D eigenvalue weighted by Gasteiger charge is 2.34. The van der Waals surface area contributed by atoms with Crippen LogP contribution in [0.1, 0.15) is 46.5 Å². The molecule has 0 radical (unpaired) electrons. The third kappa shape index (κ3) is 6.07. The van der Waals surface area contributed by atoms with Gasteiger partial charge in [0.2, 0.25) is 0 Å². The van der Waals surface area contributed by atoms with Crippen LogP contribution in [0, 0.1) is 11.3 Å². The second-order valence-electron chi connectivity index (χ2n) is 7.20. The number of guanidine groups is 1. The number of likely N-dealkylation sites (tertiary alicyclic amines) is 1. The van der Waals surface area contributed by atoms with Crippen LogP contribution in [0.15, 0.2) is 4.99 Å². The Hall–Kier alpha value is -0.0500. The molecule has 0 bridgehead atoms. The van der Waals surface area contributed by atoms with E-state index in [0.717, 1.165) is 38.4 Å². The van der Waals surface area contributed by atoms with E-state index >= 15 is 0 Å². The second kappa shape index (κ2) is 8.87. The van der Waals surface area contributed by atoms with Gasteiger partial charge in [0.1, 0.15) is 0 Å². The summed E-state index contributed by atoms with van der Waals surface area (Å²) in [6.07, 6.45) is 4.22. The van der Waals surface area contributed by atoms with Crippen LogP contribution in [0.3, 0.4) is 0 Å². The minimum atomic E-state index is -2.81. The van der Waals surface area contributed by atoms with Crippen LogP contribution in [-0.2, 0) is 9.84 Å². The second-order valence-corrected chi connectivity index (χ2v) is 9.42. The van der Waals surface area contributed by atoms with E-state index in [1.165, 1.54) is 12.8 Å². The molecule has 136 valence electrons. The summed E-state index contributed by atoms with van der Waals surface area (Å²) in [6.45, 7) is 10.4. The third-order valence-corrected chi connectivity index (χ3v) is 6.91. The van der Waals surface area contributed by atoms with Gasteiger partial charge >= 0.3 is 0 Å². The van der Waals surface area contributed by atoms with Crippen molar-refractivity contribution in [1.29, 1.82) is 0 Å². The number of rotatable bonds is 5. The first kappa shape index (κ1) is 21.0. The molecule has 0 saturated carbocycles. The molecule has 2 rings (SSSR count). The highest BCUT2D eigenvalue weighted by molar-refractivity contribution is 14.0. The molecule has 0 aromatic heterocycles. The van der Waals surface area contributed by atoms with Crippen LogP contribution in [0.5, 0.6) is 0 Å². The summed E-state index contributed by atoms with van der Waals surface area (Å²) >= 11 is 0. The van der Waals surface area contributed by atoms with Gasteiger partial charge in [0.15, 0.2) is 15.8 Å². The van der Waals surface area contributed by atoms with E-state index in [2.05, 4.69) is 31.0 Å². The third-order valence-electron chi connectivity index (χ3n) is 5.07. The van der Waals surface area contributed by atoms with Crippen molar-refractivity contribution >= 4 is 39.8 Å². The molecule has 0 amide bonds. The first-order chi connectivity index (χ1) is 10.4. The number of nitrogens with one attached hydrogen (secondary N) is 1. The van der Waals surface area contributed by atoms with E-state index in [1.807, 2.05) is 0 Å². The first-order valence-corrected chi connectivity index (χ1v) is 10.4. The largest absolute Gasteiger partial charge is 0.356 e. The number of hydrogen-bond donors (Lipinski definition) is 1. The summed E-state index contributed by atoms with van der Waals surface area (Å²) in [6, 6.07) is 0. The molecule has 2 atom stereocenters. The van der Waals surface area contributed by atoms with E-state index in [1.54, 1.807) is 0 Å². The number of hydrogen-bond acceptors (Lipinski definition) is 3. The Labute approximate surface area is 158 Å². The topological polar surface area (TPSA) is 61.8 Å². The van der Waals surface area contributed by atoms with Crippen molar-refractivity contribution in [3.8, 4) is 0 Å². The lowest BCUT2D eigenvalue weighted by Crippen LogP contribution is -2.41. The van der Waals surface area contributed by atoms with Gasteiger partial charge in [-0.15, -0.1) is 24.0 Å². The van der Waals surface area contributed by atoms with Gasteiger partial charge in [-0.2, -0.15) is 0 Å². The maximum absolute atomic E-state index is 11.6. The zero-order chi connectivity index (χ0) is 16.2. The smallest absolute Gasteiger partial charge is 0.193 e. The van der Waals surface area contributed by atoms with Crippen molar-refractivity contribution < 1.29 is 8.42 Å².